The van der Waals surface area contributed by atoms with Crippen molar-refractivity contribution in [3.8, 4) is 11.8 Å². The summed E-state index contributed by atoms with van der Waals surface area (Å²) in [7, 11) is -3.54. The summed E-state index contributed by atoms with van der Waals surface area (Å²) in [6.07, 6.45) is 0.878. The fourth-order valence-electron chi connectivity index (χ4n) is 1.86. The van der Waals surface area contributed by atoms with Gasteiger partial charge in [-0.3, -0.25) is 0 Å². The predicted octanol–water partition coefficient (Wildman–Crippen LogP) is 1.03. The molecular formula is C14H17NO3S. The summed E-state index contributed by atoms with van der Waals surface area (Å²) in [5, 5.41) is 8.74. The Morgan fingerprint density at radius 1 is 1.47 bits per heavy atom. The summed E-state index contributed by atoms with van der Waals surface area (Å²) in [5.41, 5.74) is 1.36. The molecule has 0 aromatic heterocycles. The van der Waals surface area contributed by atoms with Crippen LogP contribution in [0.4, 0.5) is 0 Å². The third kappa shape index (κ3) is 3.35. The summed E-state index contributed by atoms with van der Waals surface area (Å²) in [4.78, 5) is 0.179. The first-order valence-electron chi connectivity index (χ1n) is 6.17. The highest BCUT2D eigenvalue weighted by Crippen LogP contribution is 2.31. The number of benzene rings is 1. The van der Waals surface area contributed by atoms with Crippen LogP contribution < -0.4 is 4.72 Å². The van der Waals surface area contributed by atoms with Crippen LogP contribution in [-0.2, 0) is 10.0 Å². The normalized spacial score (nSPS) is 21.6. The van der Waals surface area contributed by atoms with E-state index in [4.69, 9.17) is 5.11 Å². The highest BCUT2D eigenvalue weighted by atomic mass is 32.2. The first-order valence-corrected chi connectivity index (χ1v) is 7.65. The molecule has 0 heterocycles. The van der Waals surface area contributed by atoms with Crippen molar-refractivity contribution in [2.75, 3.05) is 6.61 Å². The molecule has 5 heteroatoms. The van der Waals surface area contributed by atoms with Gasteiger partial charge < -0.3 is 5.11 Å². The molecule has 1 aromatic carbocycles. The minimum atomic E-state index is -3.54. The molecule has 0 aliphatic heterocycles. The minimum absolute atomic E-state index is 0.0324. The molecule has 0 bridgehead atoms. The number of aryl methyl sites for hydroxylation is 1. The van der Waals surface area contributed by atoms with Crippen molar-refractivity contribution < 1.29 is 13.5 Å². The molecule has 19 heavy (non-hydrogen) atoms. The quantitative estimate of drug-likeness (QED) is 0.812. The molecule has 1 aliphatic carbocycles. The van der Waals surface area contributed by atoms with Gasteiger partial charge >= 0.3 is 0 Å². The summed E-state index contributed by atoms with van der Waals surface area (Å²) < 4.78 is 27.2. The van der Waals surface area contributed by atoms with Crippen LogP contribution in [0.25, 0.3) is 0 Å². The average molecular weight is 279 g/mol. The Morgan fingerprint density at radius 2 is 2.16 bits per heavy atom. The van der Waals surface area contributed by atoms with Crippen molar-refractivity contribution in [1.82, 2.24) is 4.72 Å². The molecule has 0 saturated heterocycles. The number of aliphatic hydroxyl groups excluding tert-OH is 1. The largest absolute Gasteiger partial charge is 0.384 e. The molecule has 1 aromatic rings. The minimum Gasteiger partial charge on any atom is -0.384 e. The molecule has 4 nitrogen and oxygen atoms in total. The number of rotatable bonds is 3. The number of sulfonamides is 1. The SMILES string of the molecule is Cc1ccc(S(=O)(=O)NC2CC2C)c(C#CCO)c1. The summed E-state index contributed by atoms with van der Waals surface area (Å²) in [5.74, 6) is 5.59. The van der Waals surface area contributed by atoms with Gasteiger partial charge in [0, 0.05) is 11.6 Å². The van der Waals surface area contributed by atoms with Crippen molar-refractivity contribution in [3.63, 3.8) is 0 Å². The Balaban J connectivity index is 2.37. The van der Waals surface area contributed by atoms with E-state index in [0.717, 1.165) is 12.0 Å². The Hall–Kier alpha value is -1.35. The van der Waals surface area contributed by atoms with Gasteiger partial charge in [0.15, 0.2) is 0 Å². The fraction of sp³-hybridized carbons (Fsp3) is 0.429. The third-order valence-corrected chi connectivity index (χ3v) is 4.69. The van der Waals surface area contributed by atoms with Crippen molar-refractivity contribution in [2.45, 2.75) is 31.2 Å². The molecule has 2 rings (SSSR count). The van der Waals surface area contributed by atoms with Crippen LogP contribution in [0.1, 0.15) is 24.5 Å². The van der Waals surface area contributed by atoms with Gasteiger partial charge in [-0.25, -0.2) is 13.1 Å². The molecular weight excluding hydrogens is 262 g/mol. The first kappa shape index (κ1) is 14.1. The van der Waals surface area contributed by atoms with Crippen LogP contribution in [0.15, 0.2) is 23.1 Å². The van der Waals surface area contributed by atoms with Gasteiger partial charge in [0.2, 0.25) is 10.0 Å². The standard InChI is InChI=1S/C14H17NO3S/c1-10-5-6-14(12(8-10)4-3-7-16)19(17,18)15-13-9-11(13)2/h5-6,8,11,13,15-16H,7,9H2,1-2H3. The van der Waals surface area contributed by atoms with Crippen molar-refractivity contribution in [3.05, 3.63) is 29.3 Å². The number of nitrogens with one attached hydrogen (secondary N) is 1. The average Bonchev–Trinajstić information content (AvgIpc) is 3.01. The van der Waals surface area contributed by atoms with E-state index >= 15 is 0 Å². The zero-order valence-corrected chi connectivity index (χ0v) is 11.8. The second-order valence-electron chi connectivity index (χ2n) is 4.90. The van der Waals surface area contributed by atoms with Crippen molar-refractivity contribution in [1.29, 1.82) is 0 Å². The van der Waals surface area contributed by atoms with Gasteiger partial charge in [0.05, 0.1) is 4.90 Å². The Bertz CT molecular complexity index is 640. The molecule has 1 saturated carbocycles. The number of hydrogen-bond donors (Lipinski definition) is 2. The maximum absolute atomic E-state index is 12.3. The Morgan fingerprint density at radius 3 is 2.74 bits per heavy atom. The second kappa shape index (κ2) is 5.33. The van der Waals surface area contributed by atoms with Gasteiger partial charge in [-0.2, -0.15) is 0 Å². The molecule has 0 spiro atoms. The lowest BCUT2D eigenvalue weighted by Gasteiger charge is -2.08. The summed E-state index contributed by atoms with van der Waals surface area (Å²) in [6, 6.07) is 5.05. The predicted molar refractivity (Wildman–Crippen MR) is 73.0 cm³/mol. The number of hydrogen-bond acceptors (Lipinski definition) is 3. The first-order chi connectivity index (χ1) is 8.94. The van der Waals surface area contributed by atoms with Crippen LogP contribution in [0, 0.1) is 24.7 Å². The van der Waals surface area contributed by atoms with E-state index < -0.39 is 10.0 Å². The van der Waals surface area contributed by atoms with Gasteiger partial charge in [0.25, 0.3) is 0 Å². The molecule has 0 radical (unpaired) electrons. The van der Waals surface area contributed by atoms with Crippen LogP contribution in [0.5, 0.6) is 0 Å². The van der Waals surface area contributed by atoms with E-state index in [1.54, 1.807) is 18.2 Å². The van der Waals surface area contributed by atoms with Crippen LogP contribution in [-0.4, -0.2) is 26.2 Å². The maximum atomic E-state index is 12.3. The third-order valence-electron chi connectivity index (χ3n) is 3.14. The molecule has 1 fully saturated rings. The van der Waals surface area contributed by atoms with E-state index in [0.29, 0.717) is 11.5 Å². The zero-order valence-electron chi connectivity index (χ0n) is 11.0. The highest BCUT2D eigenvalue weighted by molar-refractivity contribution is 7.89. The fourth-order valence-corrected chi connectivity index (χ4v) is 3.36. The Kier molecular flexibility index (Phi) is 3.95. The monoisotopic (exact) mass is 279 g/mol. The molecule has 1 aliphatic rings. The highest BCUT2D eigenvalue weighted by Gasteiger charge is 2.36. The molecule has 2 N–H and O–H groups in total. The maximum Gasteiger partial charge on any atom is 0.242 e. The van der Waals surface area contributed by atoms with E-state index in [9.17, 15) is 8.42 Å². The molecule has 0 amide bonds. The van der Waals surface area contributed by atoms with E-state index in [-0.39, 0.29) is 17.5 Å². The molecule has 102 valence electrons. The van der Waals surface area contributed by atoms with E-state index in [1.165, 1.54) is 0 Å². The summed E-state index contributed by atoms with van der Waals surface area (Å²) >= 11 is 0. The smallest absolute Gasteiger partial charge is 0.242 e. The van der Waals surface area contributed by atoms with E-state index in [2.05, 4.69) is 16.6 Å². The van der Waals surface area contributed by atoms with E-state index in [1.807, 2.05) is 13.8 Å². The molecule has 2 atom stereocenters. The topological polar surface area (TPSA) is 66.4 Å². The van der Waals surface area contributed by atoms with Gasteiger partial charge in [-0.1, -0.05) is 24.8 Å². The van der Waals surface area contributed by atoms with Crippen LogP contribution >= 0.6 is 0 Å². The van der Waals surface area contributed by atoms with Gasteiger partial charge in [-0.15, -0.1) is 0 Å². The molecule has 2 unspecified atom stereocenters. The van der Waals surface area contributed by atoms with Crippen molar-refractivity contribution >= 4 is 10.0 Å². The Labute approximate surface area is 113 Å². The van der Waals surface area contributed by atoms with Gasteiger partial charge in [0.1, 0.15) is 6.61 Å². The van der Waals surface area contributed by atoms with Crippen LogP contribution in [0.3, 0.4) is 0 Å². The lowest BCUT2D eigenvalue weighted by Crippen LogP contribution is -2.27. The van der Waals surface area contributed by atoms with Gasteiger partial charge in [-0.05, 0) is 37.0 Å². The lowest BCUT2D eigenvalue weighted by atomic mass is 10.1. The summed E-state index contributed by atoms with van der Waals surface area (Å²) in [6.45, 7) is 3.59. The van der Waals surface area contributed by atoms with Crippen molar-refractivity contribution in [2.24, 2.45) is 5.92 Å². The second-order valence-corrected chi connectivity index (χ2v) is 6.58. The van der Waals surface area contributed by atoms with Crippen LogP contribution in [0.2, 0.25) is 0 Å². The number of aliphatic hydroxyl groups is 1. The lowest BCUT2D eigenvalue weighted by molar-refractivity contribution is 0.350. The zero-order chi connectivity index (χ0) is 14.0.